The van der Waals surface area contributed by atoms with E-state index in [-0.39, 0.29) is 13.0 Å². The number of aliphatic carboxylic acids is 6. The number of carboxylic acids is 6. The fraction of sp³-hybridized carbons (Fsp3) is 0.600. The van der Waals surface area contributed by atoms with E-state index in [0.29, 0.717) is 19.6 Å². The van der Waals surface area contributed by atoms with Gasteiger partial charge >= 0.3 is 35.8 Å². The van der Waals surface area contributed by atoms with E-state index in [1.807, 2.05) is 0 Å². The molecule has 0 aliphatic rings. The maximum Gasteiger partial charge on any atom is 0.305 e. The first-order valence-electron chi connectivity index (χ1n) is 16.3. The molecule has 0 spiro atoms. The van der Waals surface area contributed by atoms with Crippen molar-refractivity contribution in [3.8, 4) is 0 Å². The SMILES string of the molecule is NC(=O)CN(CCC(=O)O)C(=O)CN(CCC(=O)O)C(=O)CN(CCC(=O)O)C(=O)CN(CCC(=O)O)C(=O)CN(CCC(=O)O)C(=O)CNCCC(=O)O. The normalized spacial score (nSPS) is 10.4. The number of carboxylic acid groups (broad SMARTS) is 6. The highest BCUT2D eigenvalue weighted by Gasteiger charge is 2.29. The summed E-state index contributed by atoms with van der Waals surface area (Å²) in [4.78, 5) is 148. The highest BCUT2D eigenvalue weighted by atomic mass is 16.4. The first kappa shape index (κ1) is 48.6. The van der Waals surface area contributed by atoms with E-state index in [0.717, 1.165) is 4.90 Å². The third-order valence-electron chi connectivity index (χ3n) is 7.18. The second-order valence-electron chi connectivity index (χ2n) is 11.6. The molecule has 0 bridgehead atoms. The molecule has 0 radical (unpaired) electrons. The Labute approximate surface area is 312 Å². The van der Waals surface area contributed by atoms with Crippen LogP contribution in [-0.4, -0.2) is 205 Å². The molecular formula is C30H45N7O18. The van der Waals surface area contributed by atoms with Gasteiger partial charge in [-0.25, -0.2) is 0 Å². The maximum atomic E-state index is 13.5. The molecule has 0 atom stereocenters. The van der Waals surface area contributed by atoms with Gasteiger partial charge in [0.2, 0.25) is 35.4 Å². The third kappa shape index (κ3) is 23.0. The molecule has 25 heteroatoms. The van der Waals surface area contributed by atoms with Crippen LogP contribution in [0.25, 0.3) is 0 Å². The van der Waals surface area contributed by atoms with Gasteiger partial charge in [-0.05, 0) is 0 Å². The number of primary amides is 1. The number of hydrogen-bond acceptors (Lipinski definition) is 13. The van der Waals surface area contributed by atoms with Gasteiger partial charge in [-0.3, -0.25) is 57.5 Å². The van der Waals surface area contributed by atoms with Gasteiger partial charge in [0, 0.05) is 39.3 Å². The van der Waals surface area contributed by atoms with Gasteiger partial charge in [-0.15, -0.1) is 0 Å². The van der Waals surface area contributed by atoms with Crippen LogP contribution in [0.4, 0.5) is 0 Å². The Morgan fingerprint density at radius 1 is 0.364 bits per heavy atom. The van der Waals surface area contributed by atoms with Crippen molar-refractivity contribution in [3.63, 3.8) is 0 Å². The number of amides is 6. The van der Waals surface area contributed by atoms with Crippen LogP contribution in [0.15, 0.2) is 0 Å². The summed E-state index contributed by atoms with van der Waals surface area (Å²) in [6.07, 6.45) is -3.91. The van der Waals surface area contributed by atoms with E-state index >= 15 is 0 Å². The average molecular weight is 792 g/mol. The Morgan fingerprint density at radius 3 is 0.836 bits per heavy atom. The molecule has 0 aromatic carbocycles. The molecular weight excluding hydrogens is 746 g/mol. The van der Waals surface area contributed by atoms with Gasteiger partial charge in [0.25, 0.3) is 0 Å². The second kappa shape index (κ2) is 25.6. The number of nitrogens with one attached hydrogen (secondary N) is 1. The lowest BCUT2D eigenvalue weighted by atomic mass is 10.2. The van der Waals surface area contributed by atoms with Gasteiger partial charge in [0.1, 0.15) is 0 Å². The van der Waals surface area contributed by atoms with Crippen LogP contribution in [0.5, 0.6) is 0 Å². The first-order chi connectivity index (χ1) is 25.6. The summed E-state index contributed by atoms with van der Waals surface area (Å²) in [6, 6.07) is 0. The quantitative estimate of drug-likeness (QED) is 0.0316. The van der Waals surface area contributed by atoms with Crippen molar-refractivity contribution < 1.29 is 88.2 Å². The first-order valence-corrected chi connectivity index (χ1v) is 16.3. The summed E-state index contributed by atoms with van der Waals surface area (Å²) < 4.78 is 0. The van der Waals surface area contributed by atoms with Crippen LogP contribution in [0.2, 0.25) is 0 Å². The van der Waals surface area contributed by atoms with E-state index in [1.54, 1.807) is 0 Å². The van der Waals surface area contributed by atoms with E-state index in [9.17, 15) is 72.9 Å². The number of nitrogens with two attached hydrogens (primary N) is 1. The summed E-state index contributed by atoms with van der Waals surface area (Å²) in [5, 5.41) is 57.1. The largest absolute Gasteiger partial charge is 0.481 e. The molecule has 0 aromatic heterocycles. The van der Waals surface area contributed by atoms with Crippen molar-refractivity contribution in [2.45, 2.75) is 38.5 Å². The van der Waals surface area contributed by atoms with Crippen molar-refractivity contribution in [3.05, 3.63) is 0 Å². The maximum absolute atomic E-state index is 13.5. The lowest BCUT2D eigenvalue weighted by Crippen LogP contribution is -2.52. The van der Waals surface area contributed by atoms with E-state index < -0.39 is 175 Å². The lowest BCUT2D eigenvalue weighted by molar-refractivity contribution is -0.150. The minimum atomic E-state index is -1.45. The molecule has 0 saturated carbocycles. The molecule has 308 valence electrons. The molecule has 0 aliphatic heterocycles. The Hall–Kier alpha value is -6.40. The van der Waals surface area contributed by atoms with Crippen LogP contribution < -0.4 is 11.1 Å². The lowest BCUT2D eigenvalue weighted by Gasteiger charge is -2.31. The van der Waals surface area contributed by atoms with Crippen LogP contribution in [0.1, 0.15) is 38.5 Å². The number of carbonyl (C=O) groups is 12. The van der Waals surface area contributed by atoms with Crippen molar-refractivity contribution in [2.75, 3.05) is 78.5 Å². The molecule has 0 saturated heterocycles. The molecule has 0 aromatic rings. The van der Waals surface area contributed by atoms with Crippen molar-refractivity contribution in [1.29, 1.82) is 0 Å². The van der Waals surface area contributed by atoms with E-state index in [2.05, 4.69) is 5.32 Å². The fourth-order valence-corrected chi connectivity index (χ4v) is 4.36. The smallest absolute Gasteiger partial charge is 0.305 e. The van der Waals surface area contributed by atoms with Gasteiger partial charge in [-0.1, -0.05) is 0 Å². The summed E-state index contributed by atoms with van der Waals surface area (Å²) in [5.41, 5.74) is 5.13. The summed E-state index contributed by atoms with van der Waals surface area (Å²) >= 11 is 0. The Morgan fingerprint density at radius 2 is 0.600 bits per heavy atom. The molecule has 55 heavy (non-hydrogen) atoms. The fourth-order valence-electron chi connectivity index (χ4n) is 4.36. The molecule has 0 fully saturated rings. The predicted octanol–water partition coefficient (Wildman–Crippen LogP) is -4.95. The third-order valence-corrected chi connectivity index (χ3v) is 7.18. The zero-order valence-corrected chi connectivity index (χ0v) is 29.6. The van der Waals surface area contributed by atoms with Gasteiger partial charge in [-0.2, -0.15) is 0 Å². The van der Waals surface area contributed by atoms with Crippen LogP contribution in [0, 0.1) is 0 Å². The molecule has 25 nitrogen and oxygen atoms in total. The molecule has 0 heterocycles. The Balaban J connectivity index is 6.37. The van der Waals surface area contributed by atoms with Crippen LogP contribution in [-0.2, 0) is 57.5 Å². The van der Waals surface area contributed by atoms with Crippen LogP contribution >= 0.6 is 0 Å². The predicted molar refractivity (Wildman–Crippen MR) is 178 cm³/mol. The highest BCUT2D eigenvalue weighted by molar-refractivity contribution is 5.93. The zero-order chi connectivity index (χ0) is 42.2. The highest BCUT2D eigenvalue weighted by Crippen LogP contribution is 2.06. The Bertz CT molecular complexity index is 1450. The monoisotopic (exact) mass is 791 g/mol. The van der Waals surface area contributed by atoms with E-state index in [1.165, 1.54) is 0 Å². The summed E-state index contributed by atoms with van der Waals surface area (Å²) in [6.45, 7) is -8.37. The van der Waals surface area contributed by atoms with Crippen molar-refractivity contribution in [1.82, 2.24) is 29.8 Å². The number of carbonyl (C=O) groups excluding carboxylic acids is 6. The number of rotatable bonds is 30. The van der Waals surface area contributed by atoms with E-state index in [4.69, 9.17) is 21.1 Å². The second-order valence-corrected chi connectivity index (χ2v) is 11.6. The van der Waals surface area contributed by atoms with Crippen LogP contribution in [0.3, 0.4) is 0 Å². The van der Waals surface area contributed by atoms with Gasteiger partial charge in [0.15, 0.2) is 0 Å². The molecule has 0 aliphatic carbocycles. The molecule has 6 amide bonds. The topological polar surface area (TPSA) is 380 Å². The molecule has 0 rings (SSSR count). The number of hydrogen-bond donors (Lipinski definition) is 8. The van der Waals surface area contributed by atoms with Crippen molar-refractivity contribution in [2.24, 2.45) is 5.73 Å². The van der Waals surface area contributed by atoms with Crippen molar-refractivity contribution >= 4 is 71.3 Å². The average Bonchev–Trinajstić information content (AvgIpc) is 3.07. The Kier molecular flexibility index (Phi) is 22.6. The zero-order valence-electron chi connectivity index (χ0n) is 29.6. The standard InChI is InChI=1S/C30H45N7O18/c31-19(38)14-33(8-2-26(46)47)21(40)16-35(10-4-28(50)51)23(42)18-37(12-6-30(54)55)24(43)17-36(11-5-29(52)53)22(41)15-34(9-3-27(48)49)20(39)13-32-7-1-25(44)45/h32H,1-18H2,(H2,31,38)(H,44,45)(H,46,47)(H,48,49)(H,50,51)(H,52,53)(H,54,55). The minimum absolute atomic E-state index is 0.163. The molecule has 9 N–H and O–H groups in total. The summed E-state index contributed by atoms with van der Waals surface area (Å²) in [5.74, 6) is -14.5. The van der Waals surface area contributed by atoms with Gasteiger partial charge in [0.05, 0.1) is 77.8 Å². The summed E-state index contributed by atoms with van der Waals surface area (Å²) in [7, 11) is 0. The minimum Gasteiger partial charge on any atom is -0.481 e. The number of nitrogens with zero attached hydrogens (tertiary/aromatic N) is 5. The van der Waals surface area contributed by atoms with Gasteiger partial charge < -0.3 is 66.2 Å². The molecule has 0 unspecified atom stereocenters.